The van der Waals surface area contributed by atoms with Crippen molar-refractivity contribution in [2.75, 3.05) is 30.4 Å². The highest BCUT2D eigenvalue weighted by Crippen LogP contribution is 2.33. The van der Waals surface area contributed by atoms with Crippen LogP contribution in [0.5, 0.6) is 0 Å². The fourth-order valence-electron chi connectivity index (χ4n) is 4.63. The second-order valence-electron chi connectivity index (χ2n) is 8.49. The van der Waals surface area contributed by atoms with Crippen molar-refractivity contribution >= 4 is 40.2 Å². The van der Waals surface area contributed by atoms with Gasteiger partial charge in [0.1, 0.15) is 12.3 Å². The first-order chi connectivity index (χ1) is 16.6. The van der Waals surface area contributed by atoms with Gasteiger partial charge in [-0.1, -0.05) is 0 Å². The fraction of sp³-hybridized carbons (Fsp3) is 0.375. The lowest BCUT2D eigenvalue weighted by Gasteiger charge is -2.38. The summed E-state index contributed by atoms with van der Waals surface area (Å²) in [7, 11) is 0. The molecule has 2 fully saturated rings. The first-order valence-electron chi connectivity index (χ1n) is 11.4. The molecule has 0 unspecified atom stereocenters. The topological polar surface area (TPSA) is 127 Å². The molecule has 0 atom stereocenters. The van der Waals surface area contributed by atoms with Crippen LogP contribution in [0.15, 0.2) is 47.3 Å². The molecule has 2 aliphatic rings. The molecular weight excluding hydrogens is 438 g/mol. The molecule has 4 heterocycles. The zero-order valence-electron chi connectivity index (χ0n) is 18.5. The van der Waals surface area contributed by atoms with Crippen LogP contribution in [0.3, 0.4) is 0 Å². The van der Waals surface area contributed by atoms with Gasteiger partial charge in [-0.2, -0.15) is 0 Å². The third-order valence-corrected chi connectivity index (χ3v) is 6.39. The lowest BCUT2D eigenvalue weighted by atomic mass is 9.84. The molecule has 10 nitrogen and oxygen atoms in total. The van der Waals surface area contributed by atoms with Crippen molar-refractivity contribution in [3.05, 3.63) is 48.6 Å². The maximum atomic E-state index is 13.2. The molecule has 3 amide bonds. The Kier molecular flexibility index (Phi) is 6.22. The van der Waals surface area contributed by atoms with Gasteiger partial charge in [-0.05, 0) is 49.9 Å². The van der Waals surface area contributed by atoms with Crippen LogP contribution >= 0.6 is 0 Å². The van der Waals surface area contributed by atoms with Gasteiger partial charge in [0.15, 0.2) is 0 Å². The van der Waals surface area contributed by atoms with Crippen LogP contribution in [0.25, 0.3) is 11.1 Å². The van der Waals surface area contributed by atoms with Gasteiger partial charge in [0, 0.05) is 42.8 Å². The summed E-state index contributed by atoms with van der Waals surface area (Å²) in [6.45, 7) is 1.29. The van der Waals surface area contributed by atoms with E-state index in [9.17, 15) is 14.4 Å². The highest BCUT2D eigenvalue weighted by Gasteiger charge is 2.34. The van der Waals surface area contributed by atoms with E-state index < -0.39 is 5.91 Å². The van der Waals surface area contributed by atoms with Gasteiger partial charge in [0.05, 0.1) is 12.0 Å². The molecule has 0 radical (unpaired) electrons. The first kappa shape index (κ1) is 22.0. The average molecular weight is 463 g/mol. The molecule has 1 aliphatic carbocycles. The molecule has 1 saturated carbocycles. The van der Waals surface area contributed by atoms with E-state index in [2.05, 4.69) is 20.6 Å². The van der Waals surface area contributed by atoms with Crippen LogP contribution in [0.2, 0.25) is 0 Å². The molecular formula is C24H25N5O5. The summed E-state index contributed by atoms with van der Waals surface area (Å²) in [5.74, 6) is -0.872. The minimum atomic E-state index is -0.492. The van der Waals surface area contributed by atoms with Crippen LogP contribution in [0.4, 0.5) is 11.4 Å². The molecule has 34 heavy (non-hydrogen) atoms. The second-order valence-corrected chi connectivity index (χ2v) is 8.49. The van der Waals surface area contributed by atoms with Crippen molar-refractivity contribution in [1.82, 2.24) is 14.9 Å². The molecule has 10 heteroatoms. The van der Waals surface area contributed by atoms with Gasteiger partial charge in [-0.25, -0.2) is 4.98 Å². The standard InChI is InChI=1S/C24H25N5O5/c30-19-14-33-13-12-29(19)17-5-3-15(4-6-17)22(31)28-20-18-2-1-9-26-24(18)34-21(20)23(32)27-16-7-10-25-11-8-16/h1-2,7-11,15,17H,3-6,12-14H2,(H,28,31)(H,25,27,32). The maximum absolute atomic E-state index is 13.2. The predicted molar refractivity (Wildman–Crippen MR) is 123 cm³/mol. The Balaban J connectivity index is 1.30. The number of ether oxygens (including phenoxy) is 1. The molecule has 0 spiro atoms. The van der Waals surface area contributed by atoms with E-state index in [1.54, 1.807) is 42.9 Å². The molecule has 5 rings (SSSR count). The normalized spacial score (nSPS) is 20.8. The second kappa shape index (κ2) is 9.60. The molecule has 3 aromatic heterocycles. The van der Waals surface area contributed by atoms with Crippen molar-refractivity contribution in [3.63, 3.8) is 0 Å². The van der Waals surface area contributed by atoms with Crippen LogP contribution in [0.1, 0.15) is 36.2 Å². The van der Waals surface area contributed by atoms with E-state index in [1.165, 1.54) is 0 Å². The highest BCUT2D eigenvalue weighted by molar-refractivity contribution is 6.14. The summed E-state index contributed by atoms with van der Waals surface area (Å²) in [6.07, 6.45) is 7.54. The number of carbonyl (C=O) groups is 3. The van der Waals surface area contributed by atoms with Crippen LogP contribution in [-0.2, 0) is 14.3 Å². The summed E-state index contributed by atoms with van der Waals surface area (Å²) in [6, 6.07) is 6.94. The monoisotopic (exact) mass is 463 g/mol. The quantitative estimate of drug-likeness (QED) is 0.596. The number of pyridine rings is 2. The van der Waals surface area contributed by atoms with Crippen molar-refractivity contribution in [2.24, 2.45) is 5.92 Å². The number of amides is 3. The van der Waals surface area contributed by atoms with Gasteiger partial charge in [0.25, 0.3) is 5.91 Å². The number of furan rings is 1. The zero-order valence-corrected chi connectivity index (χ0v) is 18.5. The van der Waals surface area contributed by atoms with E-state index in [4.69, 9.17) is 9.15 Å². The Morgan fingerprint density at radius 2 is 1.82 bits per heavy atom. The van der Waals surface area contributed by atoms with Crippen LogP contribution < -0.4 is 10.6 Å². The van der Waals surface area contributed by atoms with Gasteiger partial charge in [-0.3, -0.25) is 19.4 Å². The summed E-state index contributed by atoms with van der Waals surface area (Å²) in [5.41, 5.74) is 1.14. The molecule has 1 aliphatic heterocycles. The summed E-state index contributed by atoms with van der Waals surface area (Å²) < 4.78 is 10.9. The minimum Gasteiger partial charge on any atom is -0.430 e. The lowest BCUT2D eigenvalue weighted by Crippen LogP contribution is -2.49. The Bertz CT molecular complexity index is 1200. The van der Waals surface area contributed by atoms with E-state index in [-0.39, 0.29) is 41.9 Å². The van der Waals surface area contributed by atoms with Crippen LogP contribution in [0, 0.1) is 5.92 Å². The maximum Gasteiger partial charge on any atom is 0.293 e. The van der Waals surface area contributed by atoms with E-state index in [0.29, 0.717) is 42.8 Å². The number of aromatic nitrogens is 2. The number of anilines is 2. The van der Waals surface area contributed by atoms with Gasteiger partial charge < -0.3 is 24.7 Å². The Labute approximate surface area is 195 Å². The Morgan fingerprint density at radius 3 is 2.59 bits per heavy atom. The minimum absolute atomic E-state index is 0.00791. The Hall–Kier alpha value is -3.79. The third-order valence-electron chi connectivity index (χ3n) is 6.39. The van der Waals surface area contributed by atoms with E-state index in [1.807, 2.05) is 4.90 Å². The number of morpholine rings is 1. The molecule has 2 N–H and O–H groups in total. The number of hydrogen-bond donors (Lipinski definition) is 2. The van der Waals surface area contributed by atoms with E-state index in [0.717, 1.165) is 12.8 Å². The lowest BCUT2D eigenvalue weighted by molar-refractivity contribution is -0.146. The van der Waals surface area contributed by atoms with Gasteiger partial charge >= 0.3 is 0 Å². The first-order valence-corrected chi connectivity index (χ1v) is 11.4. The molecule has 3 aromatic rings. The van der Waals surface area contributed by atoms with Crippen LogP contribution in [-0.4, -0.2) is 58.4 Å². The highest BCUT2D eigenvalue weighted by atomic mass is 16.5. The molecule has 0 bridgehead atoms. The van der Waals surface area contributed by atoms with Crippen molar-refractivity contribution in [1.29, 1.82) is 0 Å². The van der Waals surface area contributed by atoms with Crippen molar-refractivity contribution < 1.29 is 23.5 Å². The summed E-state index contributed by atoms with van der Waals surface area (Å²) in [5, 5.41) is 6.24. The Morgan fingerprint density at radius 1 is 1.03 bits per heavy atom. The number of rotatable bonds is 5. The predicted octanol–water partition coefficient (Wildman–Crippen LogP) is 2.83. The number of nitrogens with one attached hydrogen (secondary N) is 2. The van der Waals surface area contributed by atoms with Gasteiger partial charge in [0.2, 0.25) is 23.3 Å². The van der Waals surface area contributed by atoms with Gasteiger partial charge in [-0.15, -0.1) is 0 Å². The molecule has 1 saturated heterocycles. The van der Waals surface area contributed by atoms with E-state index >= 15 is 0 Å². The van der Waals surface area contributed by atoms with Crippen molar-refractivity contribution in [3.8, 4) is 0 Å². The molecule has 176 valence electrons. The molecule has 0 aromatic carbocycles. The zero-order chi connectivity index (χ0) is 23.5. The number of carbonyl (C=O) groups excluding carboxylic acids is 3. The summed E-state index contributed by atoms with van der Waals surface area (Å²) in [4.78, 5) is 48.3. The largest absolute Gasteiger partial charge is 0.430 e. The number of nitrogens with zero attached hydrogens (tertiary/aromatic N) is 3. The third kappa shape index (κ3) is 4.49. The van der Waals surface area contributed by atoms with Crippen molar-refractivity contribution in [2.45, 2.75) is 31.7 Å². The average Bonchev–Trinajstić information content (AvgIpc) is 3.23. The summed E-state index contributed by atoms with van der Waals surface area (Å²) >= 11 is 0. The smallest absolute Gasteiger partial charge is 0.293 e. The fourth-order valence-corrected chi connectivity index (χ4v) is 4.63. The SMILES string of the molecule is O=C(Nc1ccncc1)c1oc2ncccc2c1NC(=O)C1CCC(N2CCOCC2=O)CC1. The number of hydrogen-bond acceptors (Lipinski definition) is 7. The number of fused-ring (bicyclic) bond motifs is 1.